The summed E-state index contributed by atoms with van der Waals surface area (Å²) >= 11 is 0. The maximum absolute atomic E-state index is 11.9. The SMILES string of the molecule is N#Cc1ccc(OC(F)(F)F)c([N+](=O)[O-])c1. The molecular formula is C8H3F3N2O3. The van der Waals surface area contributed by atoms with Gasteiger partial charge >= 0.3 is 12.0 Å². The number of nitro groups is 1. The zero-order valence-electron chi connectivity index (χ0n) is 7.49. The van der Waals surface area contributed by atoms with Crippen LogP contribution in [0.4, 0.5) is 18.9 Å². The molecule has 0 N–H and O–H groups in total. The zero-order chi connectivity index (χ0) is 12.3. The van der Waals surface area contributed by atoms with Crippen molar-refractivity contribution in [3.05, 3.63) is 33.9 Å². The summed E-state index contributed by atoms with van der Waals surface area (Å²) in [6, 6.07) is 4.00. The highest BCUT2D eigenvalue weighted by molar-refractivity contribution is 5.51. The highest BCUT2D eigenvalue weighted by Crippen LogP contribution is 2.32. The summed E-state index contributed by atoms with van der Waals surface area (Å²) in [6.45, 7) is 0. The van der Waals surface area contributed by atoms with Crippen molar-refractivity contribution >= 4 is 5.69 Å². The third-order valence-corrected chi connectivity index (χ3v) is 1.51. The van der Waals surface area contributed by atoms with Crippen molar-refractivity contribution in [1.29, 1.82) is 5.26 Å². The number of nitriles is 1. The number of benzene rings is 1. The number of ether oxygens (including phenoxy) is 1. The summed E-state index contributed by atoms with van der Waals surface area (Å²) in [5, 5.41) is 18.9. The van der Waals surface area contributed by atoms with E-state index in [9.17, 15) is 23.3 Å². The molecule has 5 nitrogen and oxygen atoms in total. The van der Waals surface area contributed by atoms with E-state index in [0.29, 0.717) is 6.07 Å². The summed E-state index contributed by atoms with van der Waals surface area (Å²) in [4.78, 5) is 9.37. The summed E-state index contributed by atoms with van der Waals surface area (Å²) < 4.78 is 39.0. The van der Waals surface area contributed by atoms with Crippen LogP contribution in [0.1, 0.15) is 5.56 Å². The van der Waals surface area contributed by atoms with Crippen LogP contribution in [0.25, 0.3) is 0 Å². The Bertz CT molecular complexity index is 465. The second-order valence-electron chi connectivity index (χ2n) is 2.60. The first kappa shape index (κ1) is 11.8. The fourth-order valence-electron chi connectivity index (χ4n) is 0.941. The molecule has 1 rings (SSSR count). The van der Waals surface area contributed by atoms with E-state index in [-0.39, 0.29) is 5.56 Å². The van der Waals surface area contributed by atoms with Crippen LogP contribution in [-0.2, 0) is 0 Å². The minimum atomic E-state index is -5.01. The van der Waals surface area contributed by atoms with E-state index in [1.165, 1.54) is 0 Å². The average Bonchev–Trinajstić information content (AvgIpc) is 2.15. The van der Waals surface area contributed by atoms with E-state index in [1.54, 1.807) is 6.07 Å². The Balaban J connectivity index is 3.20. The number of nitro benzene ring substituents is 1. The van der Waals surface area contributed by atoms with E-state index in [2.05, 4.69) is 4.74 Å². The van der Waals surface area contributed by atoms with Gasteiger partial charge < -0.3 is 4.74 Å². The number of halogens is 3. The molecule has 0 aliphatic heterocycles. The van der Waals surface area contributed by atoms with Crippen LogP contribution >= 0.6 is 0 Å². The molecule has 1 aromatic rings. The maximum atomic E-state index is 11.9. The van der Waals surface area contributed by atoms with Crippen molar-refractivity contribution in [3.8, 4) is 11.8 Å². The number of alkyl halides is 3. The minimum Gasteiger partial charge on any atom is -0.398 e. The average molecular weight is 232 g/mol. The molecule has 0 aliphatic rings. The van der Waals surface area contributed by atoms with Gasteiger partial charge in [0.05, 0.1) is 16.6 Å². The molecule has 0 spiro atoms. The third kappa shape index (κ3) is 2.84. The molecule has 16 heavy (non-hydrogen) atoms. The van der Waals surface area contributed by atoms with Crippen LogP contribution in [0.5, 0.6) is 5.75 Å². The lowest BCUT2D eigenvalue weighted by Gasteiger charge is -2.08. The van der Waals surface area contributed by atoms with Crippen molar-refractivity contribution in [2.24, 2.45) is 0 Å². The lowest BCUT2D eigenvalue weighted by molar-refractivity contribution is -0.388. The molecule has 1 aromatic carbocycles. The van der Waals surface area contributed by atoms with Crippen LogP contribution in [0.2, 0.25) is 0 Å². The van der Waals surface area contributed by atoms with Crippen LogP contribution in [0.3, 0.4) is 0 Å². The van der Waals surface area contributed by atoms with Crippen molar-refractivity contribution in [2.75, 3.05) is 0 Å². The van der Waals surface area contributed by atoms with Crippen molar-refractivity contribution < 1.29 is 22.8 Å². The van der Waals surface area contributed by atoms with E-state index >= 15 is 0 Å². The Kier molecular flexibility index (Phi) is 2.99. The monoisotopic (exact) mass is 232 g/mol. The second-order valence-corrected chi connectivity index (χ2v) is 2.60. The first-order valence-electron chi connectivity index (χ1n) is 3.78. The van der Waals surface area contributed by atoms with E-state index in [1.807, 2.05) is 0 Å². The van der Waals surface area contributed by atoms with E-state index < -0.39 is 22.7 Å². The smallest absolute Gasteiger partial charge is 0.398 e. The van der Waals surface area contributed by atoms with Gasteiger partial charge in [-0.3, -0.25) is 10.1 Å². The van der Waals surface area contributed by atoms with Gasteiger partial charge in [-0.05, 0) is 12.1 Å². The lowest BCUT2D eigenvalue weighted by atomic mass is 10.2. The highest BCUT2D eigenvalue weighted by atomic mass is 19.4. The fraction of sp³-hybridized carbons (Fsp3) is 0.125. The van der Waals surface area contributed by atoms with E-state index in [0.717, 1.165) is 12.1 Å². The summed E-state index contributed by atoms with van der Waals surface area (Å²) in [7, 11) is 0. The van der Waals surface area contributed by atoms with Gasteiger partial charge in [-0.15, -0.1) is 13.2 Å². The van der Waals surface area contributed by atoms with Crippen molar-refractivity contribution in [3.63, 3.8) is 0 Å². The topological polar surface area (TPSA) is 76.2 Å². The Morgan fingerprint density at radius 1 is 1.44 bits per heavy atom. The predicted molar refractivity (Wildman–Crippen MR) is 44.5 cm³/mol. The first-order valence-corrected chi connectivity index (χ1v) is 3.78. The molecule has 0 amide bonds. The molecular weight excluding hydrogens is 229 g/mol. The second kappa shape index (κ2) is 4.06. The third-order valence-electron chi connectivity index (χ3n) is 1.51. The minimum absolute atomic E-state index is 0.124. The van der Waals surface area contributed by atoms with Crippen molar-refractivity contribution in [2.45, 2.75) is 6.36 Å². The molecule has 8 heteroatoms. The normalized spacial score (nSPS) is 10.6. The number of hydrogen-bond donors (Lipinski definition) is 0. The highest BCUT2D eigenvalue weighted by Gasteiger charge is 2.34. The van der Waals surface area contributed by atoms with Gasteiger partial charge in [0.25, 0.3) is 0 Å². The molecule has 0 fully saturated rings. The van der Waals surface area contributed by atoms with Gasteiger partial charge in [0, 0.05) is 6.07 Å². The molecule has 84 valence electrons. The molecule has 0 aliphatic carbocycles. The van der Waals surface area contributed by atoms with Crippen LogP contribution < -0.4 is 4.74 Å². The molecule has 0 bridgehead atoms. The molecule has 0 saturated carbocycles. The number of rotatable bonds is 2. The summed E-state index contributed by atoms with van der Waals surface area (Å²) in [5.74, 6) is -0.948. The molecule has 0 atom stereocenters. The lowest BCUT2D eigenvalue weighted by Crippen LogP contribution is -2.17. The van der Waals surface area contributed by atoms with Gasteiger partial charge in [-0.2, -0.15) is 5.26 Å². The predicted octanol–water partition coefficient (Wildman–Crippen LogP) is 2.37. The van der Waals surface area contributed by atoms with Gasteiger partial charge in [0.1, 0.15) is 0 Å². The van der Waals surface area contributed by atoms with Crippen LogP contribution in [0, 0.1) is 21.4 Å². The van der Waals surface area contributed by atoms with Crippen LogP contribution in [0.15, 0.2) is 18.2 Å². The van der Waals surface area contributed by atoms with Gasteiger partial charge in [0.15, 0.2) is 0 Å². The first-order chi connectivity index (χ1) is 7.33. The molecule has 0 saturated heterocycles. The van der Waals surface area contributed by atoms with E-state index in [4.69, 9.17) is 5.26 Å². The van der Waals surface area contributed by atoms with Gasteiger partial charge in [-0.1, -0.05) is 0 Å². The largest absolute Gasteiger partial charge is 0.573 e. The summed E-state index contributed by atoms with van der Waals surface area (Å²) in [6.07, 6.45) is -5.01. The summed E-state index contributed by atoms with van der Waals surface area (Å²) in [5.41, 5.74) is -1.03. The molecule has 0 heterocycles. The maximum Gasteiger partial charge on any atom is 0.573 e. The van der Waals surface area contributed by atoms with Gasteiger partial charge in [-0.25, -0.2) is 0 Å². The zero-order valence-corrected chi connectivity index (χ0v) is 7.49. The Labute approximate surface area is 86.8 Å². The molecule has 0 radical (unpaired) electrons. The molecule has 0 aromatic heterocycles. The number of hydrogen-bond acceptors (Lipinski definition) is 4. The number of nitrogens with zero attached hydrogens (tertiary/aromatic N) is 2. The fourth-order valence-corrected chi connectivity index (χ4v) is 0.941. The quantitative estimate of drug-likeness (QED) is 0.579. The Morgan fingerprint density at radius 3 is 2.50 bits per heavy atom. The Morgan fingerprint density at radius 2 is 2.06 bits per heavy atom. The van der Waals surface area contributed by atoms with Gasteiger partial charge in [0.2, 0.25) is 5.75 Å². The van der Waals surface area contributed by atoms with Crippen LogP contribution in [-0.4, -0.2) is 11.3 Å². The standard InChI is InChI=1S/C8H3F3N2O3/c9-8(10,11)16-7-2-1-5(4-12)3-6(7)13(14)15/h1-3H. The molecule has 0 unspecified atom stereocenters. The van der Waals surface area contributed by atoms with Crippen molar-refractivity contribution in [1.82, 2.24) is 0 Å². The Hall–Kier alpha value is -2.30.